The van der Waals surface area contributed by atoms with Crippen molar-refractivity contribution in [2.24, 2.45) is 0 Å². The Kier molecular flexibility index (Phi) is 15.5. The van der Waals surface area contributed by atoms with E-state index in [0.717, 1.165) is 0 Å². The van der Waals surface area contributed by atoms with Crippen LogP contribution in [-0.2, 0) is 34.1 Å². The molecule has 6 heteroatoms. The Bertz CT molecular complexity index is 1020. The summed E-state index contributed by atoms with van der Waals surface area (Å²) in [6.07, 6.45) is 37.5. The molecule has 4 aliphatic carbocycles. The molecule has 0 unspecified atom stereocenters. The Balaban J connectivity index is 0.000000287. The molecular formula is C36H26Fe2S4+4. The van der Waals surface area contributed by atoms with Gasteiger partial charge < -0.3 is 0 Å². The summed E-state index contributed by atoms with van der Waals surface area (Å²) in [7, 11) is 0. The van der Waals surface area contributed by atoms with E-state index in [-0.39, 0.29) is 34.1 Å². The third-order valence-corrected chi connectivity index (χ3v) is 11.3. The number of hydrogen-bond acceptors (Lipinski definition) is 4. The molecule has 0 N–H and O–H groups in total. The van der Waals surface area contributed by atoms with Gasteiger partial charge in [0.05, 0.1) is 8.47 Å². The summed E-state index contributed by atoms with van der Waals surface area (Å²) in [5.74, 6) is 2.58. The first-order valence-corrected chi connectivity index (χ1v) is 16.3. The van der Waals surface area contributed by atoms with E-state index < -0.39 is 0 Å². The standard InChI is InChI=1S/C26H16S4.2C5H5.2Fe/c1-2-10-17(9-1)23(25-27-19-13-5-6-14-20(19)28-25)24(18-11-3-4-12-18)26-29-21-15-7-8-16-22(21)30-26;2*1-2-4-5-3-1;;/h1-16H;2*1-5H;;/q;;;2*+2. The Morgan fingerprint density at radius 3 is 0.810 bits per heavy atom. The van der Waals surface area contributed by atoms with Crippen LogP contribution in [0.1, 0.15) is 0 Å². The SMILES string of the molecule is [CH]1[CH][CH][CH][CH]1.[CH]1[CH][CH][CH][CH]1.[CH]1[CH][CH][C](C(=C2Sc3ccccc3S2)C([C]2[CH][CH][CH][CH]2)=C2Sc3ccccc3S2)[CH]1.[Fe+2].[Fe+2]. The number of benzene rings is 2. The van der Waals surface area contributed by atoms with Crippen molar-refractivity contribution >= 4 is 47.0 Å². The maximum atomic E-state index is 2.24. The third kappa shape index (κ3) is 9.22. The number of fused-ring (bicyclic) bond motifs is 2. The molecule has 8 rings (SSSR count). The van der Waals surface area contributed by atoms with E-state index in [1.165, 1.54) is 51.0 Å². The first-order valence-electron chi connectivity index (χ1n) is 13.0. The van der Waals surface area contributed by atoms with Crippen LogP contribution in [0, 0.1) is 127 Å². The van der Waals surface area contributed by atoms with Gasteiger partial charge in [-0.2, -0.15) is 0 Å². The van der Waals surface area contributed by atoms with Crippen LogP contribution in [0.3, 0.4) is 0 Å². The van der Waals surface area contributed by atoms with Gasteiger partial charge in [0, 0.05) is 31.4 Å². The fourth-order valence-electron chi connectivity index (χ4n) is 4.33. The van der Waals surface area contributed by atoms with Crippen LogP contribution in [0.5, 0.6) is 0 Å². The van der Waals surface area contributed by atoms with Crippen LogP contribution in [0.2, 0.25) is 0 Å². The topological polar surface area (TPSA) is 0 Å². The van der Waals surface area contributed by atoms with Crippen LogP contribution in [0.15, 0.2) is 87.7 Å². The van der Waals surface area contributed by atoms with E-state index in [1.54, 1.807) is 0 Å². The third-order valence-electron chi connectivity index (χ3n) is 6.18. The van der Waals surface area contributed by atoms with Gasteiger partial charge in [-0.3, -0.25) is 0 Å². The van der Waals surface area contributed by atoms with Crippen molar-refractivity contribution in [2.45, 2.75) is 19.6 Å². The molecule has 2 aromatic carbocycles. The molecule has 4 saturated carbocycles. The summed E-state index contributed by atoms with van der Waals surface area (Å²) in [5, 5.41) is 0. The van der Waals surface area contributed by atoms with Gasteiger partial charge in [-0.05, 0) is 151 Å². The Morgan fingerprint density at radius 2 is 0.571 bits per heavy atom. The van der Waals surface area contributed by atoms with Gasteiger partial charge in [0.25, 0.3) is 0 Å². The quantitative estimate of drug-likeness (QED) is 0.293. The maximum absolute atomic E-state index is 2.24. The van der Waals surface area contributed by atoms with E-state index in [9.17, 15) is 0 Å². The van der Waals surface area contributed by atoms with Crippen molar-refractivity contribution in [3.8, 4) is 0 Å². The Labute approximate surface area is 294 Å². The summed E-state index contributed by atoms with van der Waals surface area (Å²) in [5.41, 5.74) is 2.69. The number of thioether (sulfide) groups is 4. The van der Waals surface area contributed by atoms with Crippen molar-refractivity contribution in [3.63, 3.8) is 0 Å². The maximum Gasteiger partial charge on any atom is 2.00 e. The second-order valence-corrected chi connectivity index (χ2v) is 13.6. The molecule has 0 spiro atoms. The fourth-order valence-corrected chi connectivity index (χ4v) is 9.59. The van der Waals surface area contributed by atoms with Crippen LogP contribution >= 0.6 is 47.0 Å². The summed E-state index contributed by atoms with van der Waals surface area (Å²) in [4.78, 5) is 5.40. The molecule has 2 heterocycles. The molecule has 2 aliphatic heterocycles. The summed E-state index contributed by atoms with van der Waals surface area (Å²) in [6, 6.07) is 17.4. The van der Waals surface area contributed by atoms with Crippen LogP contribution in [0.25, 0.3) is 0 Å². The van der Waals surface area contributed by atoms with Gasteiger partial charge in [-0.15, -0.1) is 0 Å². The van der Waals surface area contributed by atoms with Gasteiger partial charge in [0.1, 0.15) is 0 Å². The van der Waals surface area contributed by atoms with E-state index in [4.69, 9.17) is 0 Å². The van der Waals surface area contributed by atoms with Gasteiger partial charge in [-0.1, -0.05) is 71.3 Å². The minimum atomic E-state index is 0. The van der Waals surface area contributed by atoms with Crippen LogP contribution in [0.4, 0.5) is 0 Å². The normalized spacial score (nSPS) is 21.0. The van der Waals surface area contributed by atoms with Gasteiger partial charge in [0.15, 0.2) is 0 Å². The second-order valence-electron chi connectivity index (χ2n) is 8.90. The number of rotatable bonds is 3. The molecule has 206 valence electrons. The molecule has 6 aliphatic rings. The van der Waals surface area contributed by atoms with Gasteiger partial charge in [-0.25, -0.2) is 0 Å². The van der Waals surface area contributed by atoms with Gasteiger partial charge >= 0.3 is 34.1 Å². The minimum absolute atomic E-state index is 0. The zero-order chi connectivity index (χ0) is 27.0. The molecular weight excluding hydrogens is 672 g/mol. The largest absolute Gasteiger partial charge is 2.00 e. The summed E-state index contributed by atoms with van der Waals surface area (Å²) in [6.45, 7) is 0. The van der Waals surface area contributed by atoms with E-state index in [1.807, 2.05) is 111 Å². The average molecular weight is 699 g/mol. The Hall–Kier alpha value is 0.359. The Morgan fingerprint density at radius 1 is 0.333 bits per heavy atom. The average Bonchev–Trinajstić information content (AvgIpc) is 3.84. The first-order chi connectivity index (χ1) is 19.9. The zero-order valence-corrected chi connectivity index (χ0v) is 27.8. The first kappa shape index (κ1) is 35.2. The predicted molar refractivity (Wildman–Crippen MR) is 174 cm³/mol. The molecule has 0 nitrogen and oxygen atoms in total. The van der Waals surface area contributed by atoms with E-state index in [2.05, 4.69) is 99.9 Å². The molecule has 42 heavy (non-hydrogen) atoms. The molecule has 0 saturated heterocycles. The van der Waals surface area contributed by atoms with Crippen molar-refractivity contribution in [2.75, 3.05) is 0 Å². The van der Waals surface area contributed by atoms with Crippen molar-refractivity contribution in [1.82, 2.24) is 0 Å². The summed E-state index contributed by atoms with van der Waals surface area (Å²) < 4.78 is 2.73. The molecule has 0 atom stereocenters. The molecule has 0 bridgehead atoms. The van der Waals surface area contributed by atoms with Crippen molar-refractivity contribution in [3.05, 3.63) is 196 Å². The minimum Gasteiger partial charge on any atom is -0.0812 e. The monoisotopic (exact) mass is 698 g/mol. The molecule has 4 fully saturated rings. The number of hydrogen-bond donors (Lipinski definition) is 0. The molecule has 0 amide bonds. The predicted octanol–water partition coefficient (Wildman–Crippen LogP) is 10.1. The van der Waals surface area contributed by atoms with Crippen LogP contribution in [-0.4, -0.2) is 0 Å². The molecule has 2 aromatic rings. The molecule has 0 aromatic heterocycles. The smallest absolute Gasteiger partial charge is 0.0812 e. The second kappa shape index (κ2) is 18.5. The summed E-state index contributed by atoms with van der Waals surface area (Å²) >= 11 is 7.60. The van der Waals surface area contributed by atoms with Crippen LogP contribution < -0.4 is 0 Å². The van der Waals surface area contributed by atoms with Gasteiger partial charge in [0.2, 0.25) is 0 Å². The number of allylic oxidation sites excluding steroid dienone is 2. The molecule has 20 radical (unpaired) electrons. The van der Waals surface area contributed by atoms with E-state index >= 15 is 0 Å². The van der Waals surface area contributed by atoms with E-state index in [0.29, 0.717) is 0 Å². The fraction of sp³-hybridized carbons (Fsp3) is 0. The van der Waals surface area contributed by atoms with Crippen molar-refractivity contribution < 1.29 is 34.1 Å². The van der Waals surface area contributed by atoms with Crippen molar-refractivity contribution in [1.29, 1.82) is 0 Å². The zero-order valence-electron chi connectivity index (χ0n) is 22.4.